The van der Waals surface area contributed by atoms with E-state index in [0.717, 1.165) is 19.3 Å². The second-order valence-electron chi connectivity index (χ2n) is 8.18. The van der Waals surface area contributed by atoms with Gasteiger partial charge in [-0.2, -0.15) is 4.21 Å². The van der Waals surface area contributed by atoms with Crippen LogP contribution in [0.4, 0.5) is 0 Å². The van der Waals surface area contributed by atoms with Gasteiger partial charge in [0.15, 0.2) is 0 Å². The molecule has 1 aromatic rings. The largest absolute Gasteiger partial charge is 0.389 e. The highest BCUT2D eigenvalue weighted by atomic mass is 32.2. The lowest BCUT2D eigenvalue weighted by Gasteiger charge is -2.48. The molecular formula is C23H32N2O4S. The number of allylic oxidation sites excluding steroid dienone is 2. The van der Waals surface area contributed by atoms with Crippen LogP contribution < -0.4 is 14.2 Å². The Morgan fingerprint density at radius 1 is 1.10 bits per heavy atom. The Bertz CT molecular complexity index is 732. The van der Waals surface area contributed by atoms with Crippen molar-refractivity contribution in [2.45, 2.75) is 57.4 Å². The first-order valence-corrected chi connectivity index (χ1v) is 12.0. The van der Waals surface area contributed by atoms with Crippen molar-refractivity contribution in [3.63, 3.8) is 0 Å². The number of rotatable bonds is 12. The molecule has 7 heteroatoms. The fraction of sp³-hybridized carbons (Fsp3) is 0.565. The maximum atomic E-state index is 12.6. The minimum Gasteiger partial charge on any atom is -0.389 e. The third-order valence-corrected chi connectivity index (χ3v) is 7.08. The summed E-state index contributed by atoms with van der Waals surface area (Å²) in [4.78, 5) is 21.8. The molecule has 0 aliphatic heterocycles. The highest BCUT2D eigenvalue weighted by molar-refractivity contribution is 7.78. The minimum absolute atomic E-state index is 0.0785. The van der Waals surface area contributed by atoms with Crippen molar-refractivity contribution in [2.24, 2.45) is 17.8 Å². The number of benzene rings is 1. The van der Waals surface area contributed by atoms with Crippen LogP contribution in [0.2, 0.25) is 0 Å². The van der Waals surface area contributed by atoms with Crippen LogP contribution in [0.15, 0.2) is 42.5 Å². The number of para-hydroxylation sites is 1. The molecule has 0 spiro atoms. The van der Waals surface area contributed by atoms with E-state index < -0.39 is 11.3 Å². The Labute approximate surface area is 181 Å². The predicted molar refractivity (Wildman–Crippen MR) is 118 cm³/mol. The zero-order valence-electron chi connectivity index (χ0n) is 17.3. The number of hydrogen-bond acceptors (Lipinski definition) is 4. The molecule has 1 amide bonds. The van der Waals surface area contributed by atoms with Gasteiger partial charge < -0.3 is 14.3 Å². The quantitative estimate of drug-likeness (QED) is 0.301. The average molecular weight is 433 g/mol. The summed E-state index contributed by atoms with van der Waals surface area (Å²) in [6, 6.07) is 9.48. The van der Waals surface area contributed by atoms with Crippen LogP contribution in [0.1, 0.15) is 51.4 Å². The van der Waals surface area contributed by atoms with Gasteiger partial charge in [-0.1, -0.05) is 30.4 Å². The van der Waals surface area contributed by atoms with E-state index in [0.29, 0.717) is 36.2 Å². The summed E-state index contributed by atoms with van der Waals surface area (Å²) in [5.41, 5.74) is 0. The molecule has 3 unspecified atom stereocenters. The van der Waals surface area contributed by atoms with Crippen molar-refractivity contribution >= 4 is 23.5 Å². The van der Waals surface area contributed by atoms with Crippen LogP contribution in [0.25, 0.3) is 0 Å². The maximum absolute atomic E-state index is 12.6. The molecule has 0 radical (unpaired) electrons. The van der Waals surface area contributed by atoms with E-state index in [-0.39, 0.29) is 18.5 Å². The lowest BCUT2D eigenvalue weighted by atomic mass is 9.61. The summed E-state index contributed by atoms with van der Waals surface area (Å²) in [6.45, 7) is 0.0860. The smallest absolute Gasteiger partial charge is 0.288 e. The Morgan fingerprint density at radius 2 is 1.83 bits per heavy atom. The molecule has 6 nitrogen and oxygen atoms in total. The molecule has 0 aromatic heterocycles. The topological polar surface area (TPSA) is 84.5 Å². The zero-order valence-corrected chi connectivity index (χ0v) is 18.1. The predicted octanol–water partition coefficient (Wildman–Crippen LogP) is 3.47. The number of amides is 1. The number of carbonyl (C=O) groups is 2. The van der Waals surface area contributed by atoms with Gasteiger partial charge in [-0.25, -0.2) is 4.72 Å². The third-order valence-electron chi connectivity index (χ3n) is 6.27. The molecule has 0 heterocycles. The van der Waals surface area contributed by atoms with E-state index in [1.54, 1.807) is 0 Å². The van der Waals surface area contributed by atoms with Gasteiger partial charge in [0.25, 0.3) is 11.3 Å². The van der Waals surface area contributed by atoms with Crippen molar-refractivity contribution in [3.8, 4) is 5.75 Å². The maximum Gasteiger partial charge on any atom is 0.288 e. The summed E-state index contributed by atoms with van der Waals surface area (Å²) < 4.78 is 21.4. The van der Waals surface area contributed by atoms with Gasteiger partial charge in [0.1, 0.15) is 12.0 Å². The second kappa shape index (κ2) is 12.0. The van der Waals surface area contributed by atoms with Crippen LogP contribution in [-0.2, 0) is 20.9 Å². The van der Waals surface area contributed by atoms with Gasteiger partial charge in [0.05, 0.1) is 6.54 Å². The molecule has 3 atom stereocenters. The zero-order chi connectivity index (χ0) is 21.2. The fourth-order valence-corrected chi connectivity index (χ4v) is 5.72. The summed E-state index contributed by atoms with van der Waals surface area (Å²) in [5.74, 6) is 2.22. The van der Waals surface area contributed by atoms with Gasteiger partial charge in [-0.05, 0) is 74.8 Å². The van der Waals surface area contributed by atoms with Crippen molar-refractivity contribution in [1.29, 1.82) is 0 Å². The molecule has 2 N–H and O–H groups in total. The van der Waals surface area contributed by atoms with Gasteiger partial charge in [0.2, 0.25) is 5.91 Å². The van der Waals surface area contributed by atoms with E-state index in [9.17, 15) is 13.8 Å². The molecular weight excluding hydrogens is 400 g/mol. The monoisotopic (exact) mass is 432 g/mol. The third kappa shape index (κ3) is 6.77. The van der Waals surface area contributed by atoms with E-state index in [1.807, 2.05) is 30.3 Å². The van der Waals surface area contributed by atoms with Crippen LogP contribution in [0.5, 0.6) is 5.75 Å². The van der Waals surface area contributed by atoms with Crippen LogP contribution in [0, 0.1) is 17.8 Å². The summed E-state index contributed by atoms with van der Waals surface area (Å²) in [5, 5.41) is 2.55. The van der Waals surface area contributed by atoms with Crippen molar-refractivity contribution in [1.82, 2.24) is 10.0 Å². The number of hydrogen-bond donors (Lipinski definition) is 2. The standard InChI is InChI=1S/C23H32N2O4S/c26-17-16-24-22(27)11-7-2-1-6-10-21-18-12-14-19(15-13-18)23(21)25-30(28)29-20-8-4-3-5-9-20/h1,3-6,8-9,17-19,21,23,25H,2,7,10-16H2,(H,24,27). The first-order chi connectivity index (χ1) is 14.7. The number of unbranched alkanes of at least 4 members (excludes halogenated alkanes) is 1. The van der Waals surface area contributed by atoms with Gasteiger partial charge in [-0.3, -0.25) is 4.79 Å². The molecule has 1 aromatic carbocycles. The molecule has 0 saturated heterocycles. The van der Waals surface area contributed by atoms with E-state index in [1.165, 1.54) is 25.7 Å². The fourth-order valence-electron chi connectivity index (χ4n) is 4.79. The molecule has 3 aliphatic carbocycles. The van der Waals surface area contributed by atoms with Gasteiger partial charge in [-0.15, -0.1) is 0 Å². The Kier molecular flexibility index (Phi) is 9.08. The minimum atomic E-state index is -1.55. The lowest BCUT2D eigenvalue weighted by Crippen LogP contribution is -2.52. The normalized spacial score (nSPS) is 26.4. The number of fused-ring (bicyclic) bond motifs is 3. The lowest BCUT2D eigenvalue weighted by molar-refractivity contribution is -0.122. The van der Waals surface area contributed by atoms with Crippen molar-refractivity contribution in [3.05, 3.63) is 42.5 Å². The molecule has 4 rings (SSSR count). The molecule has 3 saturated carbocycles. The Balaban J connectivity index is 1.46. The first-order valence-electron chi connectivity index (χ1n) is 10.9. The van der Waals surface area contributed by atoms with Crippen molar-refractivity contribution < 1.29 is 18.0 Å². The highest BCUT2D eigenvalue weighted by Crippen LogP contribution is 2.46. The van der Waals surface area contributed by atoms with Gasteiger partial charge in [0, 0.05) is 12.5 Å². The summed E-state index contributed by atoms with van der Waals surface area (Å²) in [6.07, 6.45) is 13.0. The highest BCUT2D eigenvalue weighted by Gasteiger charge is 2.43. The number of nitrogens with one attached hydrogen (secondary N) is 2. The number of carbonyl (C=O) groups excluding carboxylic acids is 2. The number of aldehydes is 1. The molecule has 30 heavy (non-hydrogen) atoms. The Morgan fingerprint density at radius 3 is 2.57 bits per heavy atom. The van der Waals surface area contributed by atoms with Crippen LogP contribution >= 0.6 is 0 Å². The van der Waals surface area contributed by atoms with Crippen LogP contribution in [-0.4, -0.2) is 29.0 Å². The van der Waals surface area contributed by atoms with E-state index >= 15 is 0 Å². The SMILES string of the molecule is O=CCNC(=O)CCCC=CCC1C2CCC(CC2)C1NS(=O)Oc1ccccc1. The second-order valence-corrected chi connectivity index (χ2v) is 9.06. The molecule has 3 aliphatic rings. The Hall–Kier alpha value is -1.99. The first kappa shape index (κ1) is 22.7. The summed E-state index contributed by atoms with van der Waals surface area (Å²) in [7, 11) is 0. The summed E-state index contributed by atoms with van der Waals surface area (Å²) >= 11 is -1.55. The molecule has 2 bridgehead atoms. The molecule has 3 fully saturated rings. The van der Waals surface area contributed by atoms with Crippen LogP contribution in [0.3, 0.4) is 0 Å². The van der Waals surface area contributed by atoms with E-state index in [2.05, 4.69) is 22.2 Å². The van der Waals surface area contributed by atoms with E-state index in [4.69, 9.17) is 4.18 Å². The van der Waals surface area contributed by atoms with Gasteiger partial charge >= 0.3 is 0 Å². The van der Waals surface area contributed by atoms with Crippen molar-refractivity contribution in [2.75, 3.05) is 6.54 Å². The molecule has 164 valence electrons. The average Bonchev–Trinajstić information content (AvgIpc) is 2.77.